The Bertz CT molecular complexity index is 947. The zero-order valence-corrected chi connectivity index (χ0v) is 21.8. The molecule has 7 nitrogen and oxygen atoms in total. The summed E-state index contributed by atoms with van der Waals surface area (Å²) >= 11 is 1.72. The smallest absolute Gasteiger partial charge is 0.237 e. The second-order valence-corrected chi connectivity index (χ2v) is 10.2. The van der Waals surface area contributed by atoms with Gasteiger partial charge in [0, 0.05) is 31.1 Å². The number of methoxy groups -OCH3 is 1. The molecule has 1 aromatic heterocycles. The Labute approximate surface area is 212 Å². The van der Waals surface area contributed by atoms with Crippen molar-refractivity contribution in [3.05, 3.63) is 58.8 Å². The summed E-state index contributed by atoms with van der Waals surface area (Å²) in [5.74, 6) is 1.73. The van der Waals surface area contributed by atoms with E-state index >= 15 is 0 Å². The van der Waals surface area contributed by atoms with Crippen LogP contribution in [0.5, 0.6) is 11.5 Å². The number of hydrogen-bond acceptors (Lipinski definition) is 7. The molecule has 35 heavy (non-hydrogen) atoms. The number of thiophene rings is 1. The molecule has 1 aliphatic heterocycles. The Kier molecular flexibility index (Phi) is 10.6. The number of benzene rings is 1. The summed E-state index contributed by atoms with van der Waals surface area (Å²) in [6.07, 6.45) is 1.91. The molecule has 8 heteroatoms. The van der Waals surface area contributed by atoms with Gasteiger partial charge in [0.1, 0.15) is 6.61 Å². The molecule has 3 rings (SSSR count). The zero-order valence-electron chi connectivity index (χ0n) is 21.0. The first-order valence-corrected chi connectivity index (χ1v) is 13.0. The van der Waals surface area contributed by atoms with E-state index in [-0.39, 0.29) is 25.1 Å². The van der Waals surface area contributed by atoms with E-state index in [4.69, 9.17) is 14.2 Å². The second-order valence-electron chi connectivity index (χ2n) is 9.18. The van der Waals surface area contributed by atoms with Crippen LogP contribution in [0.1, 0.15) is 30.3 Å². The molecule has 192 valence electrons. The van der Waals surface area contributed by atoms with Crippen LogP contribution in [0.15, 0.2) is 48.4 Å². The molecule has 0 saturated heterocycles. The molecule has 2 atom stereocenters. The van der Waals surface area contributed by atoms with Crippen molar-refractivity contribution < 1.29 is 24.1 Å². The summed E-state index contributed by atoms with van der Waals surface area (Å²) in [5, 5.41) is 12.5. The average Bonchev–Trinajstić information content (AvgIpc) is 3.31. The highest BCUT2D eigenvalue weighted by atomic mass is 32.1. The van der Waals surface area contributed by atoms with Gasteiger partial charge in [0.2, 0.25) is 5.91 Å². The highest BCUT2D eigenvalue weighted by Crippen LogP contribution is 2.35. The molecule has 0 fully saturated rings. The lowest BCUT2D eigenvalue weighted by Crippen LogP contribution is -2.48. The Balaban J connectivity index is 1.67. The summed E-state index contributed by atoms with van der Waals surface area (Å²) in [6, 6.07) is 9.44. The van der Waals surface area contributed by atoms with E-state index in [0.29, 0.717) is 50.3 Å². The van der Waals surface area contributed by atoms with Crippen molar-refractivity contribution >= 4 is 17.2 Å². The number of nitrogens with zero attached hydrogens (tertiary/aromatic N) is 2. The van der Waals surface area contributed by atoms with Crippen LogP contribution in [0.4, 0.5) is 0 Å². The molecule has 1 aromatic carbocycles. The number of fused-ring (bicyclic) bond motifs is 1. The molecular formula is C27H38N2O5S. The molecule has 0 bridgehead atoms. The van der Waals surface area contributed by atoms with Gasteiger partial charge in [-0.15, -0.1) is 17.9 Å². The minimum atomic E-state index is -0.670. The monoisotopic (exact) mass is 502 g/mol. The molecule has 0 saturated carbocycles. The van der Waals surface area contributed by atoms with Gasteiger partial charge in [-0.25, -0.2) is 0 Å². The van der Waals surface area contributed by atoms with E-state index in [2.05, 4.69) is 31.9 Å². The third-order valence-corrected chi connectivity index (χ3v) is 6.85. The van der Waals surface area contributed by atoms with E-state index in [9.17, 15) is 9.90 Å². The molecule has 0 spiro atoms. The van der Waals surface area contributed by atoms with Gasteiger partial charge in [-0.2, -0.15) is 0 Å². The normalized spacial score (nSPS) is 16.3. The Morgan fingerprint density at radius 2 is 2.06 bits per heavy atom. The fourth-order valence-electron chi connectivity index (χ4n) is 4.24. The van der Waals surface area contributed by atoms with E-state index in [0.717, 1.165) is 12.0 Å². The van der Waals surface area contributed by atoms with Crippen LogP contribution >= 0.6 is 11.3 Å². The fourth-order valence-corrected chi connectivity index (χ4v) is 5.17. The number of ether oxygens (including phenoxy) is 3. The number of aliphatic hydroxyl groups excluding tert-OH is 1. The SMILES string of the molecule is C=CCN(CC(=O)N1CCc2sccc2C1COc1ccccc1OC)CC(O)COCC(C)C. The van der Waals surface area contributed by atoms with Gasteiger partial charge >= 0.3 is 0 Å². The van der Waals surface area contributed by atoms with Gasteiger partial charge in [0.25, 0.3) is 0 Å². The molecule has 1 aliphatic rings. The van der Waals surface area contributed by atoms with Crippen LogP contribution in [0, 0.1) is 5.92 Å². The lowest BCUT2D eigenvalue weighted by atomic mass is 10.0. The lowest BCUT2D eigenvalue weighted by molar-refractivity contribution is -0.136. The first-order valence-electron chi connectivity index (χ1n) is 12.1. The van der Waals surface area contributed by atoms with Crippen LogP contribution in [-0.2, 0) is 16.0 Å². The van der Waals surface area contributed by atoms with Crippen molar-refractivity contribution in [3.63, 3.8) is 0 Å². The minimum Gasteiger partial charge on any atom is -0.493 e. The maximum Gasteiger partial charge on any atom is 0.237 e. The second kappa shape index (κ2) is 13.6. The predicted molar refractivity (Wildman–Crippen MR) is 139 cm³/mol. The maximum absolute atomic E-state index is 13.5. The fraction of sp³-hybridized carbons (Fsp3) is 0.519. The van der Waals surface area contributed by atoms with Crippen LogP contribution in [0.3, 0.4) is 0 Å². The number of amides is 1. The van der Waals surface area contributed by atoms with Gasteiger partial charge in [-0.05, 0) is 41.5 Å². The summed E-state index contributed by atoms with van der Waals surface area (Å²) in [7, 11) is 1.62. The highest BCUT2D eigenvalue weighted by Gasteiger charge is 2.33. The van der Waals surface area contributed by atoms with E-state index < -0.39 is 6.10 Å². The molecule has 2 unspecified atom stereocenters. The van der Waals surface area contributed by atoms with Crippen molar-refractivity contribution in [2.75, 3.05) is 53.1 Å². The van der Waals surface area contributed by atoms with Gasteiger partial charge in [0.05, 0.1) is 32.4 Å². The number of aliphatic hydroxyl groups is 1. The molecule has 2 aromatic rings. The molecule has 0 radical (unpaired) electrons. The number of para-hydroxylation sites is 2. The van der Waals surface area contributed by atoms with E-state index in [1.807, 2.05) is 34.1 Å². The Morgan fingerprint density at radius 3 is 2.77 bits per heavy atom. The third-order valence-electron chi connectivity index (χ3n) is 5.86. The summed E-state index contributed by atoms with van der Waals surface area (Å²) < 4.78 is 17.1. The van der Waals surface area contributed by atoms with Crippen molar-refractivity contribution in [2.45, 2.75) is 32.4 Å². The predicted octanol–water partition coefficient (Wildman–Crippen LogP) is 3.78. The zero-order chi connectivity index (χ0) is 25.2. The standard InChI is InChI=1S/C27H38N2O5S/c1-5-12-28(15-21(30)18-33-17-20(2)3)16-27(31)29-13-10-26-22(11-14-35-26)23(29)19-34-25-9-7-6-8-24(25)32-4/h5-9,11,14,20-21,23,30H,1,10,12-13,15-19H2,2-4H3. The number of carbonyl (C=O) groups excluding carboxylic acids is 1. The van der Waals surface area contributed by atoms with Crippen LogP contribution in [0.2, 0.25) is 0 Å². The van der Waals surface area contributed by atoms with Crippen molar-refractivity contribution in [1.29, 1.82) is 0 Å². The van der Waals surface area contributed by atoms with Gasteiger partial charge < -0.3 is 24.2 Å². The van der Waals surface area contributed by atoms with Crippen molar-refractivity contribution in [1.82, 2.24) is 9.80 Å². The highest BCUT2D eigenvalue weighted by molar-refractivity contribution is 7.10. The molecule has 1 amide bonds. The van der Waals surface area contributed by atoms with Gasteiger partial charge in [-0.3, -0.25) is 9.69 Å². The van der Waals surface area contributed by atoms with E-state index in [1.165, 1.54) is 4.88 Å². The number of rotatable bonds is 14. The Hall–Kier alpha value is -2.39. The number of carbonyl (C=O) groups is 1. The van der Waals surface area contributed by atoms with E-state index in [1.54, 1.807) is 24.5 Å². The quantitative estimate of drug-likeness (QED) is 0.397. The van der Waals surface area contributed by atoms with Gasteiger partial charge in [-0.1, -0.05) is 32.1 Å². The summed E-state index contributed by atoms with van der Waals surface area (Å²) in [6.45, 7) is 10.8. The average molecular weight is 503 g/mol. The van der Waals surface area contributed by atoms with Crippen LogP contribution in [-0.4, -0.2) is 80.0 Å². The van der Waals surface area contributed by atoms with Crippen molar-refractivity contribution in [3.8, 4) is 11.5 Å². The molecule has 2 heterocycles. The molecular weight excluding hydrogens is 464 g/mol. The minimum absolute atomic E-state index is 0.00706. The third kappa shape index (κ3) is 7.80. The molecule has 1 N–H and O–H groups in total. The topological polar surface area (TPSA) is 71.5 Å². The summed E-state index contributed by atoms with van der Waals surface area (Å²) in [5.41, 5.74) is 1.14. The van der Waals surface area contributed by atoms with Crippen LogP contribution < -0.4 is 9.47 Å². The maximum atomic E-state index is 13.5. The lowest BCUT2D eigenvalue weighted by Gasteiger charge is -2.37. The Morgan fingerprint density at radius 1 is 1.29 bits per heavy atom. The van der Waals surface area contributed by atoms with Gasteiger partial charge in [0.15, 0.2) is 11.5 Å². The molecule has 0 aliphatic carbocycles. The number of hydrogen-bond donors (Lipinski definition) is 1. The first-order chi connectivity index (χ1) is 16.9. The summed E-state index contributed by atoms with van der Waals surface area (Å²) in [4.78, 5) is 18.6. The largest absolute Gasteiger partial charge is 0.493 e. The van der Waals surface area contributed by atoms with Crippen LogP contribution in [0.25, 0.3) is 0 Å². The van der Waals surface area contributed by atoms with Crippen molar-refractivity contribution in [2.24, 2.45) is 5.92 Å². The first kappa shape index (κ1) is 27.2.